The molecule has 0 spiro atoms. The fourth-order valence-corrected chi connectivity index (χ4v) is 3.40. The summed E-state index contributed by atoms with van der Waals surface area (Å²) in [5.74, 6) is 2.09. The van der Waals surface area contributed by atoms with Crippen LogP contribution in [-0.2, 0) is 13.0 Å². The summed E-state index contributed by atoms with van der Waals surface area (Å²) in [5, 5.41) is 8.82. The van der Waals surface area contributed by atoms with Crippen molar-refractivity contribution < 1.29 is 0 Å². The van der Waals surface area contributed by atoms with Crippen molar-refractivity contribution in [1.82, 2.24) is 14.8 Å². The number of rotatable bonds is 4. The predicted molar refractivity (Wildman–Crippen MR) is 111 cm³/mol. The highest BCUT2D eigenvalue weighted by Gasteiger charge is 2.15. The van der Waals surface area contributed by atoms with Gasteiger partial charge in [-0.1, -0.05) is 18.6 Å². The third-order valence-corrected chi connectivity index (χ3v) is 5.01. The maximum absolute atomic E-state index is 4.59. The molecule has 0 N–H and O–H groups in total. The van der Waals surface area contributed by atoms with Crippen molar-refractivity contribution in [3.63, 3.8) is 0 Å². The summed E-state index contributed by atoms with van der Waals surface area (Å²) >= 11 is 0. The van der Waals surface area contributed by atoms with E-state index < -0.39 is 0 Å². The monoisotopic (exact) mass is 359 g/mol. The number of aromatic nitrogens is 3. The standard InChI is InChI=1S/C22H25N5/c1-26(2)20-13-7-17(8-14-20)16-23-19-11-9-18(10-12-19)22-25-24-21-6-4-3-5-15-27(21)22/h7-14,16H,3-6,15H2,1-2H3. The highest BCUT2D eigenvalue weighted by Crippen LogP contribution is 2.24. The second kappa shape index (κ2) is 7.74. The molecular formula is C22H25N5. The lowest BCUT2D eigenvalue weighted by molar-refractivity contribution is 0.636. The van der Waals surface area contributed by atoms with Crippen LogP contribution in [0.4, 0.5) is 11.4 Å². The summed E-state index contributed by atoms with van der Waals surface area (Å²) in [5.41, 5.74) is 4.31. The Hall–Kier alpha value is -2.95. The molecule has 1 aliphatic rings. The second-order valence-electron chi connectivity index (χ2n) is 7.19. The average Bonchev–Trinajstić information content (AvgIpc) is 2.95. The predicted octanol–water partition coefficient (Wildman–Crippen LogP) is 4.49. The minimum absolute atomic E-state index is 0.936. The summed E-state index contributed by atoms with van der Waals surface area (Å²) in [4.78, 5) is 6.68. The van der Waals surface area contributed by atoms with Crippen molar-refractivity contribution in [1.29, 1.82) is 0 Å². The molecule has 5 heteroatoms. The van der Waals surface area contributed by atoms with Crippen LogP contribution < -0.4 is 4.90 Å². The molecule has 5 nitrogen and oxygen atoms in total. The summed E-state index contributed by atoms with van der Waals surface area (Å²) in [6.07, 6.45) is 6.61. The molecule has 0 unspecified atom stereocenters. The van der Waals surface area contributed by atoms with Gasteiger partial charge in [-0.2, -0.15) is 0 Å². The topological polar surface area (TPSA) is 46.3 Å². The molecule has 0 saturated carbocycles. The summed E-state index contributed by atoms with van der Waals surface area (Å²) in [7, 11) is 4.08. The van der Waals surface area contributed by atoms with Gasteiger partial charge in [0.05, 0.1) is 5.69 Å². The third-order valence-electron chi connectivity index (χ3n) is 5.01. The first-order chi connectivity index (χ1) is 13.2. The van der Waals surface area contributed by atoms with Crippen LogP contribution in [0, 0.1) is 0 Å². The Morgan fingerprint density at radius 3 is 2.44 bits per heavy atom. The number of nitrogens with zero attached hydrogens (tertiary/aromatic N) is 5. The van der Waals surface area contributed by atoms with Crippen LogP contribution in [0.1, 0.15) is 30.7 Å². The van der Waals surface area contributed by atoms with Crippen LogP contribution in [0.25, 0.3) is 11.4 Å². The number of aliphatic imine (C=N–C) groups is 1. The molecule has 0 radical (unpaired) electrons. The number of hydrogen-bond acceptors (Lipinski definition) is 4. The van der Waals surface area contributed by atoms with E-state index in [0.717, 1.165) is 41.4 Å². The van der Waals surface area contributed by atoms with Gasteiger partial charge in [0.15, 0.2) is 5.82 Å². The van der Waals surface area contributed by atoms with Crippen molar-refractivity contribution in [2.75, 3.05) is 19.0 Å². The van der Waals surface area contributed by atoms with Crippen molar-refractivity contribution in [3.8, 4) is 11.4 Å². The van der Waals surface area contributed by atoms with E-state index in [0.29, 0.717) is 0 Å². The van der Waals surface area contributed by atoms with Gasteiger partial charge in [-0.25, -0.2) is 0 Å². The quantitative estimate of drug-likeness (QED) is 0.645. The molecule has 2 aromatic carbocycles. The summed E-state index contributed by atoms with van der Waals surface area (Å²) in [6, 6.07) is 16.6. The average molecular weight is 359 g/mol. The largest absolute Gasteiger partial charge is 0.378 e. The molecule has 1 aliphatic heterocycles. The molecule has 0 saturated heterocycles. The van der Waals surface area contributed by atoms with Crippen LogP contribution in [0.5, 0.6) is 0 Å². The SMILES string of the molecule is CN(C)c1ccc(C=Nc2ccc(-c3nnc4n3CCCCC4)cc2)cc1. The Morgan fingerprint density at radius 2 is 1.70 bits per heavy atom. The maximum atomic E-state index is 4.59. The zero-order valence-electron chi connectivity index (χ0n) is 16.0. The van der Waals surface area contributed by atoms with Gasteiger partial charge in [-0.3, -0.25) is 4.99 Å². The minimum atomic E-state index is 0.936. The molecule has 0 amide bonds. The second-order valence-corrected chi connectivity index (χ2v) is 7.19. The normalized spacial score (nSPS) is 14.1. The van der Waals surface area contributed by atoms with Gasteiger partial charge in [0.25, 0.3) is 0 Å². The van der Waals surface area contributed by atoms with Gasteiger partial charge < -0.3 is 9.47 Å². The molecule has 27 heavy (non-hydrogen) atoms. The fraction of sp³-hybridized carbons (Fsp3) is 0.318. The van der Waals surface area contributed by atoms with E-state index in [-0.39, 0.29) is 0 Å². The van der Waals surface area contributed by atoms with E-state index in [9.17, 15) is 0 Å². The van der Waals surface area contributed by atoms with E-state index in [1.807, 2.05) is 32.4 Å². The Kier molecular flexibility index (Phi) is 5.01. The van der Waals surface area contributed by atoms with Crippen LogP contribution in [0.3, 0.4) is 0 Å². The molecule has 0 aliphatic carbocycles. The highest BCUT2D eigenvalue weighted by molar-refractivity contribution is 5.82. The van der Waals surface area contributed by atoms with Crippen LogP contribution in [-0.4, -0.2) is 35.1 Å². The number of anilines is 1. The van der Waals surface area contributed by atoms with Crippen LogP contribution >= 0.6 is 0 Å². The fourth-order valence-electron chi connectivity index (χ4n) is 3.40. The van der Waals surface area contributed by atoms with Gasteiger partial charge in [0, 0.05) is 44.5 Å². The molecule has 0 fully saturated rings. The van der Waals surface area contributed by atoms with E-state index in [2.05, 4.69) is 61.1 Å². The van der Waals surface area contributed by atoms with Crippen molar-refractivity contribution in [2.45, 2.75) is 32.2 Å². The maximum Gasteiger partial charge on any atom is 0.163 e. The van der Waals surface area contributed by atoms with Gasteiger partial charge in [0.1, 0.15) is 5.82 Å². The van der Waals surface area contributed by atoms with Gasteiger partial charge in [0.2, 0.25) is 0 Å². The Labute approximate surface area is 160 Å². The van der Waals surface area contributed by atoms with E-state index in [4.69, 9.17) is 0 Å². The molecule has 138 valence electrons. The lowest BCUT2D eigenvalue weighted by atomic mass is 10.2. The van der Waals surface area contributed by atoms with Crippen LogP contribution in [0.2, 0.25) is 0 Å². The third kappa shape index (κ3) is 3.92. The number of benzene rings is 2. The smallest absolute Gasteiger partial charge is 0.163 e. The first kappa shape index (κ1) is 17.5. The molecule has 3 aromatic rings. The van der Waals surface area contributed by atoms with Gasteiger partial charge in [-0.15, -0.1) is 10.2 Å². The van der Waals surface area contributed by atoms with Crippen molar-refractivity contribution in [3.05, 3.63) is 59.9 Å². The number of hydrogen-bond donors (Lipinski definition) is 0. The highest BCUT2D eigenvalue weighted by atomic mass is 15.3. The van der Waals surface area contributed by atoms with Gasteiger partial charge >= 0.3 is 0 Å². The lowest BCUT2D eigenvalue weighted by Gasteiger charge is -2.11. The van der Waals surface area contributed by atoms with Gasteiger partial charge in [-0.05, 0) is 54.8 Å². The Balaban J connectivity index is 1.50. The molecule has 1 aromatic heterocycles. The molecule has 2 heterocycles. The summed E-state index contributed by atoms with van der Waals surface area (Å²) in [6.45, 7) is 1.01. The van der Waals surface area contributed by atoms with E-state index in [1.54, 1.807) is 0 Å². The molecular weight excluding hydrogens is 334 g/mol. The van der Waals surface area contributed by atoms with E-state index >= 15 is 0 Å². The molecule has 0 bridgehead atoms. The van der Waals surface area contributed by atoms with Crippen molar-refractivity contribution in [2.24, 2.45) is 4.99 Å². The summed E-state index contributed by atoms with van der Waals surface area (Å²) < 4.78 is 2.28. The first-order valence-electron chi connectivity index (χ1n) is 9.55. The zero-order valence-corrected chi connectivity index (χ0v) is 16.0. The van der Waals surface area contributed by atoms with Crippen molar-refractivity contribution >= 4 is 17.6 Å². The Bertz CT molecular complexity index is 920. The molecule has 0 atom stereocenters. The van der Waals surface area contributed by atoms with Crippen LogP contribution in [0.15, 0.2) is 53.5 Å². The first-order valence-corrected chi connectivity index (χ1v) is 9.55. The number of aryl methyl sites for hydroxylation is 1. The lowest BCUT2D eigenvalue weighted by Crippen LogP contribution is -2.08. The number of fused-ring (bicyclic) bond motifs is 1. The Morgan fingerprint density at radius 1 is 0.926 bits per heavy atom. The van der Waals surface area contributed by atoms with E-state index in [1.165, 1.54) is 24.9 Å². The molecule has 4 rings (SSSR count). The zero-order chi connectivity index (χ0) is 18.6. The minimum Gasteiger partial charge on any atom is -0.378 e.